The molecule has 0 aromatic heterocycles. The largest absolute Gasteiger partial charge is 0.314 e. The fourth-order valence-electron chi connectivity index (χ4n) is 3.24. The predicted molar refractivity (Wildman–Crippen MR) is 109 cm³/mol. The van der Waals surface area contributed by atoms with E-state index in [4.69, 9.17) is 0 Å². The van der Waals surface area contributed by atoms with Crippen LogP contribution >= 0.6 is 0 Å². The number of benzene rings is 3. The third-order valence-electron chi connectivity index (χ3n) is 4.65. The minimum Gasteiger partial charge on any atom is -0.314 e. The summed E-state index contributed by atoms with van der Waals surface area (Å²) in [6.45, 7) is 0.575. The summed E-state index contributed by atoms with van der Waals surface area (Å²) in [5, 5.41) is 0. The van der Waals surface area contributed by atoms with Gasteiger partial charge in [0, 0.05) is 29.4 Å². The van der Waals surface area contributed by atoms with Gasteiger partial charge in [0.1, 0.15) is 5.82 Å². The lowest BCUT2D eigenvalue weighted by molar-refractivity contribution is 0.0832. The average molecular weight is 367 g/mol. The molecule has 1 aliphatic rings. The van der Waals surface area contributed by atoms with E-state index in [2.05, 4.69) is 11.8 Å². The molecule has 1 amide bonds. The van der Waals surface area contributed by atoms with Crippen LogP contribution in [-0.4, -0.2) is 17.4 Å². The van der Waals surface area contributed by atoms with Crippen LogP contribution in [0.2, 0.25) is 0 Å². The molecule has 3 aromatic carbocycles. The lowest BCUT2D eigenvalue weighted by Crippen LogP contribution is -2.23. The minimum atomic E-state index is -0.407. The SMILES string of the molecule is O=C(c1cccc(F)c1)N1C=C(c2ccccc2C#Cc2ccccc2)CC1. The van der Waals surface area contributed by atoms with Gasteiger partial charge in [-0.2, -0.15) is 0 Å². The Bertz CT molecular complexity index is 1110. The highest BCUT2D eigenvalue weighted by molar-refractivity contribution is 5.96. The first kappa shape index (κ1) is 17.8. The quantitative estimate of drug-likeness (QED) is 0.576. The Kier molecular flexibility index (Phi) is 5.03. The number of hydrogen-bond donors (Lipinski definition) is 0. The molecule has 136 valence electrons. The minimum absolute atomic E-state index is 0.192. The van der Waals surface area contributed by atoms with Crippen molar-refractivity contribution in [3.05, 3.63) is 113 Å². The molecule has 0 bridgehead atoms. The number of amides is 1. The highest BCUT2D eigenvalue weighted by Gasteiger charge is 2.22. The summed E-state index contributed by atoms with van der Waals surface area (Å²) in [6, 6.07) is 23.6. The molecule has 3 aromatic rings. The number of hydrogen-bond acceptors (Lipinski definition) is 1. The molecule has 0 fully saturated rings. The van der Waals surface area contributed by atoms with Gasteiger partial charge in [-0.3, -0.25) is 4.79 Å². The van der Waals surface area contributed by atoms with Gasteiger partial charge in [0.15, 0.2) is 0 Å². The van der Waals surface area contributed by atoms with Crippen molar-refractivity contribution in [3.63, 3.8) is 0 Å². The van der Waals surface area contributed by atoms with Gasteiger partial charge < -0.3 is 4.90 Å². The molecule has 1 heterocycles. The maximum absolute atomic E-state index is 13.4. The highest BCUT2D eigenvalue weighted by atomic mass is 19.1. The van der Waals surface area contributed by atoms with Crippen molar-refractivity contribution in [2.75, 3.05) is 6.54 Å². The van der Waals surface area contributed by atoms with Crippen LogP contribution in [0, 0.1) is 17.7 Å². The smallest absolute Gasteiger partial charge is 0.257 e. The zero-order chi connectivity index (χ0) is 19.3. The number of carbonyl (C=O) groups excluding carboxylic acids is 1. The van der Waals surface area contributed by atoms with E-state index < -0.39 is 5.82 Å². The van der Waals surface area contributed by atoms with E-state index in [1.54, 1.807) is 17.0 Å². The molecule has 28 heavy (non-hydrogen) atoms. The summed E-state index contributed by atoms with van der Waals surface area (Å²) < 4.78 is 13.4. The van der Waals surface area contributed by atoms with E-state index in [0.29, 0.717) is 12.1 Å². The van der Waals surface area contributed by atoms with Crippen molar-refractivity contribution in [3.8, 4) is 11.8 Å². The van der Waals surface area contributed by atoms with Crippen molar-refractivity contribution < 1.29 is 9.18 Å². The van der Waals surface area contributed by atoms with Crippen LogP contribution in [0.15, 0.2) is 85.1 Å². The Hall–Kier alpha value is -3.64. The molecular formula is C25H18FNO. The van der Waals surface area contributed by atoms with Crippen LogP contribution in [0.5, 0.6) is 0 Å². The molecule has 0 atom stereocenters. The van der Waals surface area contributed by atoms with Crippen LogP contribution in [0.1, 0.15) is 33.5 Å². The van der Waals surface area contributed by atoms with Crippen LogP contribution in [0.25, 0.3) is 5.57 Å². The Morgan fingerprint density at radius 2 is 1.68 bits per heavy atom. The van der Waals surface area contributed by atoms with E-state index in [1.165, 1.54) is 12.1 Å². The molecule has 0 spiro atoms. The lowest BCUT2D eigenvalue weighted by Gasteiger charge is -2.12. The molecule has 3 heteroatoms. The number of nitrogens with zero attached hydrogens (tertiary/aromatic N) is 1. The number of rotatable bonds is 2. The monoisotopic (exact) mass is 367 g/mol. The van der Waals surface area contributed by atoms with Gasteiger partial charge in [-0.25, -0.2) is 4.39 Å². The van der Waals surface area contributed by atoms with Crippen LogP contribution < -0.4 is 0 Å². The first-order valence-electron chi connectivity index (χ1n) is 9.14. The van der Waals surface area contributed by atoms with Crippen LogP contribution in [0.4, 0.5) is 4.39 Å². The number of halogens is 1. The zero-order valence-corrected chi connectivity index (χ0v) is 15.2. The molecule has 0 unspecified atom stereocenters. The molecule has 1 aliphatic heterocycles. The first-order valence-corrected chi connectivity index (χ1v) is 9.14. The maximum Gasteiger partial charge on any atom is 0.257 e. The zero-order valence-electron chi connectivity index (χ0n) is 15.2. The Morgan fingerprint density at radius 3 is 2.50 bits per heavy atom. The normalized spacial score (nSPS) is 12.9. The van der Waals surface area contributed by atoms with E-state index in [9.17, 15) is 9.18 Å². The topological polar surface area (TPSA) is 20.3 Å². The van der Waals surface area contributed by atoms with Gasteiger partial charge >= 0.3 is 0 Å². The van der Waals surface area contributed by atoms with Crippen molar-refractivity contribution in [2.45, 2.75) is 6.42 Å². The fraction of sp³-hybridized carbons (Fsp3) is 0.0800. The van der Waals surface area contributed by atoms with Crippen molar-refractivity contribution >= 4 is 11.5 Å². The van der Waals surface area contributed by atoms with Gasteiger partial charge in [-0.1, -0.05) is 54.3 Å². The van der Waals surface area contributed by atoms with E-state index in [1.807, 2.05) is 60.8 Å². The van der Waals surface area contributed by atoms with Gasteiger partial charge in [0.05, 0.1) is 0 Å². The molecule has 0 aliphatic carbocycles. The summed E-state index contributed by atoms with van der Waals surface area (Å²) in [4.78, 5) is 14.3. The molecule has 0 radical (unpaired) electrons. The summed E-state index contributed by atoms with van der Waals surface area (Å²) in [5.74, 6) is 5.84. The standard InChI is InChI=1S/C25H18FNO/c26-23-11-6-10-21(17-23)25(28)27-16-15-22(18-27)24-12-5-4-9-20(24)14-13-19-7-2-1-3-8-19/h1-12,17-18H,15-16H2. The van der Waals surface area contributed by atoms with E-state index in [-0.39, 0.29) is 5.91 Å². The predicted octanol–water partition coefficient (Wildman–Crippen LogP) is 5.11. The molecular weight excluding hydrogens is 349 g/mol. The third kappa shape index (κ3) is 3.87. The van der Waals surface area contributed by atoms with E-state index in [0.717, 1.165) is 28.7 Å². The lowest BCUT2D eigenvalue weighted by atomic mass is 9.99. The molecule has 0 N–H and O–H groups in total. The summed E-state index contributed by atoms with van der Waals surface area (Å²) in [5.41, 5.74) is 4.33. The van der Waals surface area contributed by atoms with E-state index >= 15 is 0 Å². The third-order valence-corrected chi connectivity index (χ3v) is 4.65. The second-order valence-corrected chi connectivity index (χ2v) is 6.57. The van der Waals surface area contributed by atoms with Crippen LogP contribution in [0.3, 0.4) is 0 Å². The molecule has 2 nitrogen and oxygen atoms in total. The Morgan fingerprint density at radius 1 is 0.893 bits per heavy atom. The van der Waals surface area contributed by atoms with Gasteiger partial charge in [-0.05, 0) is 54.0 Å². The van der Waals surface area contributed by atoms with Crippen molar-refractivity contribution in [1.29, 1.82) is 0 Å². The second-order valence-electron chi connectivity index (χ2n) is 6.57. The Balaban J connectivity index is 1.61. The maximum atomic E-state index is 13.4. The van der Waals surface area contributed by atoms with Crippen LogP contribution in [-0.2, 0) is 0 Å². The second kappa shape index (κ2) is 7.94. The van der Waals surface area contributed by atoms with Gasteiger partial charge in [0.25, 0.3) is 5.91 Å². The molecule has 0 saturated heterocycles. The van der Waals surface area contributed by atoms with Crippen molar-refractivity contribution in [2.24, 2.45) is 0 Å². The summed E-state index contributed by atoms with van der Waals surface area (Å²) >= 11 is 0. The number of carbonyl (C=O) groups is 1. The van der Waals surface area contributed by atoms with Gasteiger partial charge in [0.2, 0.25) is 0 Å². The summed E-state index contributed by atoms with van der Waals surface area (Å²) in [7, 11) is 0. The first-order chi connectivity index (χ1) is 13.7. The fourth-order valence-corrected chi connectivity index (χ4v) is 3.24. The van der Waals surface area contributed by atoms with Crippen molar-refractivity contribution in [1.82, 2.24) is 4.90 Å². The average Bonchev–Trinajstić information content (AvgIpc) is 3.23. The molecule has 0 saturated carbocycles. The molecule has 4 rings (SSSR count). The highest BCUT2D eigenvalue weighted by Crippen LogP contribution is 2.28. The van der Waals surface area contributed by atoms with Gasteiger partial charge in [-0.15, -0.1) is 0 Å². The summed E-state index contributed by atoms with van der Waals surface area (Å²) in [6.07, 6.45) is 2.60. The Labute approximate surface area is 163 Å².